The van der Waals surface area contributed by atoms with E-state index in [4.69, 9.17) is 0 Å². The average Bonchev–Trinajstić information content (AvgIpc) is 3.13. The number of carbonyl (C=O) groups is 1. The first-order valence-electron chi connectivity index (χ1n) is 15.7. The molecule has 0 atom stereocenters. The summed E-state index contributed by atoms with van der Waals surface area (Å²) in [5.74, 6) is 0. The van der Waals surface area contributed by atoms with Crippen molar-refractivity contribution >= 4 is 17.4 Å². The summed E-state index contributed by atoms with van der Waals surface area (Å²) in [6.45, 7) is 5.26. The van der Waals surface area contributed by atoms with Crippen LogP contribution >= 0.6 is 0 Å². The van der Waals surface area contributed by atoms with Gasteiger partial charge in [-0.3, -0.25) is 29.7 Å². The fourth-order valence-corrected chi connectivity index (χ4v) is 5.52. The van der Waals surface area contributed by atoms with Crippen molar-refractivity contribution in [2.45, 2.75) is 26.7 Å². The van der Waals surface area contributed by atoms with Crippen LogP contribution in [0.2, 0.25) is 0 Å². The molecular weight excluding hydrogens is 568 g/mol. The molecule has 0 fully saturated rings. The summed E-state index contributed by atoms with van der Waals surface area (Å²) in [5, 5.41) is 0. The van der Waals surface area contributed by atoms with Crippen LogP contribution in [0.4, 0.5) is 16.2 Å². The van der Waals surface area contributed by atoms with Gasteiger partial charge in [0.2, 0.25) is 0 Å². The van der Waals surface area contributed by atoms with Gasteiger partial charge in [0.05, 0.1) is 22.8 Å². The maximum atomic E-state index is 14.8. The molecule has 7 heteroatoms. The predicted octanol–water partition coefficient (Wildman–Crippen LogP) is 9.19. The number of anilines is 2. The van der Waals surface area contributed by atoms with Crippen LogP contribution in [0.3, 0.4) is 0 Å². The zero-order chi connectivity index (χ0) is 31.7. The van der Waals surface area contributed by atoms with Crippen molar-refractivity contribution in [3.63, 3.8) is 0 Å². The van der Waals surface area contributed by atoms with Crippen LogP contribution in [0.5, 0.6) is 0 Å². The smallest absolute Gasteiger partial charge is 0.294 e. The lowest BCUT2D eigenvalue weighted by atomic mass is 10.0. The highest BCUT2D eigenvalue weighted by atomic mass is 16.2. The van der Waals surface area contributed by atoms with Gasteiger partial charge in [0, 0.05) is 71.5 Å². The van der Waals surface area contributed by atoms with Crippen LogP contribution in [0.15, 0.2) is 134 Å². The summed E-state index contributed by atoms with van der Waals surface area (Å²) in [6, 6.07) is 35.7. The topological polar surface area (TPSA) is 75.1 Å². The highest BCUT2D eigenvalue weighted by molar-refractivity contribution is 6.05. The molecule has 6 aromatic rings. The van der Waals surface area contributed by atoms with Crippen molar-refractivity contribution in [3.05, 3.63) is 134 Å². The Bertz CT molecular complexity index is 1630. The lowest BCUT2D eigenvalue weighted by molar-refractivity contribution is 0.251. The predicted molar refractivity (Wildman–Crippen MR) is 186 cm³/mol. The van der Waals surface area contributed by atoms with E-state index in [0.29, 0.717) is 13.1 Å². The molecule has 4 heterocycles. The van der Waals surface area contributed by atoms with E-state index >= 15 is 0 Å². The summed E-state index contributed by atoms with van der Waals surface area (Å²) in [6.07, 6.45) is 8.71. The Morgan fingerprint density at radius 1 is 0.478 bits per heavy atom. The Morgan fingerprint density at radius 3 is 1.02 bits per heavy atom. The van der Waals surface area contributed by atoms with Gasteiger partial charge < -0.3 is 0 Å². The van der Waals surface area contributed by atoms with Crippen molar-refractivity contribution in [1.29, 1.82) is 0 Å². The highest BCUT2D eigenvalue weighted by Gasteiger charge is 2.25. The van der Waals surface area contributed by atoms with E-state index in [0.717, 1.165) is 69.2 Å². The fraction of sp³-hybridized carbons (Fsp3) is 0.154. The highest BCUT2D eigenvalue weighted by Crippen LogP contribution is 2.34. The molecule has 0 spiro atoms. The first-order chi connectivity index (χ1) is 22.6. The van der Waals surface area contributed by atoms with Gasteiger partial charge in [-0.2, -0.15) is 0 Å². The maximum absolute atomic E-state index is 14.8. The number of benzene rings is 2. The average molecular weight is 605 g/mol. The summed E-state index contributed by atoms with van der Waals surface area (Å²) in [7, 11) is 0. The van der Waals surface area contributed by atoms with E-state index in [-0.39, 0.29) is 6.03 Å². The van der Waals surface area contributed by atoms with E-state index < -0.39 is 0 Å². The molecule has 0 saturated heterocycles. The van der Waals surface area contributed by atoms with Crippen LogP contribution < -0.4 is 9.80 Å². The maximum Gasteiger partial charge on any atom is 0.328 e. The Balaban J connectivity index is 1.48. The molecule has 0 aliphatic carbocycles. The molecule has 6 rings (SSSR count). The molecule has 2 amide bonds. The van der Waals surface area contributed by atoms with Gasteiger partial charge in [-0.05, 0) is 97.8 Å². The van der Waals surface area contributed by atoms with Crippen molar-refractivity contribution in [1.82, 2.24) is 19.9 Å². The van der Waals surface area contributed by atoms with Gasteiger partial charge in [-0.1, -0.05) is 38.1 Å². The van der Waals surface area contributed by atoms with Gasteiger partial charge in [-0.25, -0.2) is 4.79 Å². The zero-order valence-corrected chi connectivity index (χ0v) is 26.1. The second-order valence-electron chi connectivity index (χ2n) is 11.0. The van der Waals surface area contributed by atoms with E-state index in [1.54, 1.807) is 24.8 Å². The van der Waals surface area contributed by atoms with Crippen LogP contribution in [0.1, 0.15) is 26.7 Å². The molecule has 0 bridgehead atoms. The Morgan fingerprint density at radius 2 is 0.783 bits per heavy atom. The Hall–Kier alpha value is -5.69. The molecule has 0 unspecified atom stereocenters. The third-order valence-electron chi connectivity index (χ3n) is 7.66. The normalized spacial score (nSPS) is 10.8. The van der Waals surface area contributed by atoms with Crippen molar-refractivity contribution in [2.24, 2.45) is 0 Å². The Kier molecular flexibility index (Phi) is 9.49. The van der Waals surface area contributed by atoms with Gasteiger partial charge in [0.15, 0.2) is 0 Å². The molecule has 4 aromatic heterocycles. The number of amides is 2. The summed E-state index contributed by atoms with van der Waals surface area (Å²) in [4.78, 5) is 37.0. The molecule has 0 aliphatic rings. The minimum absolute atomic E-state index is 0.0982. The van der Waals surface area contributed by atoms with E-state index in [1.165, 1.54) is 0 Å². The minimum Gasteiger partial charge on any atom is -0.294 e. The molecule has 2 aromatic carbocycles. The third kappa shape index (κ3) is 6.84. The quantitative estimate of drug-likeness (QED) is 0.156. The molecule has 0 aliphatic heterocycles. The molecule has 0 saturated carbocycles. The number of pyridine rings is 4. The molecule has 46 heavy (non-hydrogen) atoms. The zero-order valence-electron chi connectivity index (χ0n) is 26.1. The number of rotatable bonds is 10. The van der Waals surface area contributed by atoms with E-state index in [9.17, 15) is 4.79 Å². The third-order valence-corrected chi connectivity index (χ3v) is 7.66. The second kappa shape index (κ2) is 14.4. The molecular formula is C39H36N6O. The van der Waals surface area contributed by atoms with Crippen LogP contribution in [-0.2, 0) is 0 Å². The van der Waals surface area contributed by atoms with Crippen molar-refractivity contribution < 1.29 is 4.79 Å². The van der Waals surface area contributed by atoms with Crippen molar-refractivity contribution in [2.75, 3.05) is 22.9 Å². The first kappa shape index (κ1) is 30.3. The standard InChI is InChI=1S/C39H36N6O/c1-3-21-44(33-25-29(35-13-5-9-17-40-35)23-30(26-33)36-14-6-10-18-41-36)39(46)45(22-4-2)34-27-31(37-15-7-11-19-42-37)24-32(28-34)38-16-8-12-20-43-38/h5-20,23-28H,3-4,21-22H2,1-2H3. The molecule has 0 N–H and O–H groups in total. The van der Waals surface area contributed by atoms with E-state index in [1.807, 2.05) is 82.6 Å². The number of carbonyl (C=O) groups excluding carboxylic acids is 1. The molecule has 0 radical (unpaired) electrons. The molecule has 7 nitrogen and oxygen atoms in total. The van der Waals surface area contributed by atoms with Gasteiger partial charge in [0.1, 0.15) is 0 Å². The lowest BCUT2D eigenvalue weighted by Gasteiger charge is -2.32. The summed E-state index contributed by atoms with van der Waals surface area (Å²) < 4.78 is 0. The summed E-state index contributed by atoms with van der Waals surface area (Å²) >= 11 is 0. The first-order valence-corrected chi connectivity index (χ1v) is 15.7. The minimum atomic E-state index is -0.0982. The monoisotopic (exact) mass is 604 g/mol. The van der Waals surface area contributed by atoms with Crippen LogP contribution in [0.25, 0.3) is 45.0 Å². The molecule has 228 valence electrons. The van der Waals surface area contributed by atoms with Gasteiger partial charge in [0.25, 0.3) is 0 Å². The van der Waals surface area contributed by atoms with E-state index in [2.05, 4.69) is 70.2 Å². The number of hydrogen-bond acceptors (Lipinski definition) is 5. The van der Waals surface area contributed by atoms with Crippen molar-refractivity contribution in [3.8, 4) is 45.0 Å². The fourth-order valence-electron chi connectivity index (χ4n) is 5.52. The lowest BCUT2D eigenvalue weighted by Crippen LogP contribution is -2.44. The number of nitrogens with zero attached hydrogens (tertiary/aromatic N) is 6. The Labute approximate surface area is 270 Å². The number of urea groups is 1. The van der Waals surface area contributed by atoms with Crippen LogP contribution in [0, 0.1) is 0 Å². The number of hydrogen-bond donors (Lipinski definition) is 0. The van der Waals surface area contributed by atoms with Crippen LogP contribution in [-0.4, -0.2) is 39.1 Å². The SMILES string of the molecule is CCCN(C(=O)N(CCC)c1cc(-c2ccccn2)cc(-c2ccccn2)c1)c1cc(-c2ccccn2)cc(-c2ccccn2)c1. The largest absolute Gasteiger partial charge is 0.328 e. The number of aromatic nitrogens is 4. The van der Waals surface area contributed by atoms with Gasteiger partial charge >= 0.3 is 6.03 Å². The van der Waals surface area contributed by atoms with Gasteiger partial charge in [-0.15, -0.1) is 0 Å². The summed E-state index contributed by atoms with van der Waals surface area (Å²) in [5.41, 5.74) is 8.60. The second-order valence-corrected chi connectivity index (χ2v) is 11.0.